The molecule has 0 aliphatic carbocycles. The van der Waals surface area contributed by atoms with Crippen LogP contribution in [0.4, 0.5) is 23.5 Å². The molecule has 0 radical (unpaired) electrons. The van der Waals surface area contributed by atoms with Crippen LogP contribution in [0.15, 0.2) is 61.4 Å². The molecule has 4 heterocycles. The van der Waals surface area contributed by atoms with E-state index in [0.717, 1.165) is 49.8 Å². The van der Waals surface area contributed by atoms with Gasteiger partial charge in [0.05, 0.1) is 24.5 Å². The van der Waals surface area contributed by atoms with Crippen molar-refractivity contribution >= 4 is 23.5 Å². The van der Waals surface area contributed by atoms with Gasteiger partial charge in [0.2, 0.25) is 17.8 Å². The zero-order valence-electron chi connectivity index (χ0n) is 19.6. The van der Waals surface area contributed by atoms with E-state index < -0.39 is 6.10 Å². The Morgan fingerprint density at radius 2 is 1.60 bits per heavy atom. The van der Waals surface area contributed by atoms with Gasteiger partial charge >= 0.3 is 0 Å². The summed E-state index contributed by atoms with van der Waals surface area (Å²) in [4.78, 5) is 26.7. The molecule has 180 valence electrons. The molecule has 0 spiro atoms. The minimum atomic E-state index is -0.470. The molecule has 0 amide bonds. The number of nitrogens with zero attached hydrogens (tertiary/aromatic N) is 9. The summed E-state index contributed by atoms with van der Waals surface area (Å²) in [6, 6.07) is 10.3. The van der Waals surface area contributed by atoms with Crippen molar-refractivity contribution in [2.75, 3.05) is 41.3 Å². The fraction of sp³-hybridized carbons (Fsp3) is 0.333. The third-order valence-corrected chi connectivity index (χ3v) is 5.69. The number of nitrogens with one attached hydrogen (secondary N) is 1. The van der Waals surface area contributed by atoms with Gasteiger partial charge in [-0.05, 0) is 18.1 Å². The second-order valence-corrected chi connectivity index (χ2v) is 8.56. The number of aliphatic hydroxyl groups excluding tert-OH is 1. The van der Waals surface area contributed by atoms with E-state index in [1.807, 2.05) is 30.6 Å². The second-order valence-electron chi connectivity index (χ2n) is 8.56. The number of hydrogen-bond donors (Lipinski definition) is 2. The SMILES string of the molecule is C[C@H](O)Cn1cc(Nc2ncnc(N3CCN(c4ncc(Cc5ccccc5)cn4)CC3)n2)cn1. The Morgan fingerprint density at radius 3 is 2.31 bits per heavy atom. The molecule has 3 aromatic heterocycles. The number of rotatable bonds is 8. The van der Waals surface area contributed by atoms with E-state index in [4.69, 9.17) is 0 Å². The summed E-state index contributed by atoms with van der Waals surface area (Å²) in [6.07, 6.45) is 9.17. The first-order chi connectivity index (χ1) is 17.1. The van der Waals surface area contributed by atoms with Crippen molar-refractivity contribution in [3.63, 3.8) is 0 Å². The Kier molecular flexibility index (Phi) is 6.75. The maximum atomic E-state index is 9.51. The molecule has 11 heteroatoms. The maximum absolute atomic E-state index is 9.51. The van der Waals surface area contributed by atoms with Crippen LogP contribution in [0.5, 0.6) is 0 Å². The number of anilines is 4. The third kappa shape index (κ3) is 5.87. The summed E-state index contributed by atoms with van der Waals surface area (Å²) < 4.78 is 1.67. The monoisotopic (exact) mass is 472 g/mol. The van der Waals surface area contributed by atoms with E-state index in [1.54, 1.807) is 24.0 Å². The van der Waals surface area contributed by atoms with Crippen molar-refractivity contribution in [1.29, 1.82) is 0 Å². The summed E-state index contributed by atoms with van der Waals surface area (Å²) >= 11 is 0. The molecule has 11 nitrogen and oxygen atoms in total. The standard InChI is InChI=1S/C24H28N10O/c1-18(35)15-34-16-21(14-29-34)30-22-27-17-28-24(31-22)33-9-7-32(8-10-33)23-25-12-20(13-26-23)11-19-5-3-2-4-6-19/h2-6,12-14,16-18,35H,7-11,15H2,1H3,(H,27,28,30,31)/t18-/m0/s1. The summed E-state index contributed by atoms with van der Waals surface area (Å²) in [5, 5.41) is 16.9. The first-order valence-corrected chi connectivity index (χ1v) is 11.6. The lowest BCUT2D eigenvalue weighted by Crippen LogP contribution is -2.47. The van der Waals surface area contributed by atoms with Crippen LogP contribution in [0.25, 0.3) is 0 Å². The lowest BCUT2D eigenvalue weighted by Gasteiger charge is -2.34. The van der Waals surface area contributed by atoms with Crippen molar-refractivity contribution in [2.24, 2.45) is 0 Å². The highest BCUT2D eigenvalue weighted by Gasteiger charge is 2.21. The van der Waals surface area contributed by atoms with Crippen LogP contribution in [0.3, 0.4) is 0 Å². The normalized spacial score (nSPS) is 14.7. The fourth-order valence-electron chi connectivity index (χ4n) is 3.97. The van der Waals surface area contributed by atoms with Gasteiger partial charge < -0.3 is 20.2 Å². The minimum absolute atomic E-state index is 0.424. The number of piperazine rings is 1. The van der Waals surface area contributed by atoms with Gasteiger partial charge in [0.15, 0.2) is 0 Å². The minimum Gasteiger partial charge on any atom is -0.391 e. The molecule has 1 aromatic carbocycles. The Hall–Kier alpha value is -4.12. The zero-order chi connectivity index (χ0) is 24.0. The van der Waals surface area contributed by atoms with Gasteiger partial charge in [-0.15, -0.1) is 0 Å². The first-order valence-electron chi connectivity index (χ1n) is 11.6. The average Bonchev–Trinajstić information content (AvgIpc) is 3.31. The van der Waals surface area contributed by atoms with E-state index in [0.29, 0.717) is 18.4 Å². The molecular weight excluding hydrogens is 444 g/mol. The number of aromatic nitrogens is 7. The van der Waals surface area contributed by atoms with Crippen LogP contribution in [0.2, 0.25) is 0 Å². The van der Waals surface area contributed by atoms with Crippen molar-refractivity contribution < 1.29 is 5.11 Å². The van der Waals surface area contributed by atoms with E-state index >= 15 is 0 Å². The van der Waals surface area contributed by atoms with Gasteiger partial charge in [0, 0.05) is 51.2 Å². The molecule has 5 rings (SSSR count). The molecule has 1 fully saturated rings. The predicted molar refractivity (Wildman–Crippen MR) is 133 cm³/mol. The highest BCUT2D eigenvalue weighted by Crippen LogP contribution is 2.18. The van der Waals surface area contributed by atoms with Crippen LogP contribution in [-0.2, 0) is 13.0 Å². The van der Waals surface area contributed by atoms with Crippen molar-refractivity contribution in [1.82, 2.24) is 34.7 Å². The number of hydrogen-bond acceptors (Lipinski definition) is 10. The van der Waals surface area contributed by atoms with Gasteiger partial charge in [0.25, 0.3) is 0 Å². The van der Waals surface area contributed by atoms with Gasteiger partial charge in [-0.2, -0.15) is 10.1 Å². The Bertz CT molecular complexity index is 1220. The van der Waals surface area contributed by atoms with Gasteiger partial charge in [-0.3, -0.25) is 4.68 Å². The Morgan fingerprint density at radius 1 is 0.886 bits per heavy atom. The third-order valence-electron chi connectivity index (χ3n) is 5.69. The van der Waals surface area contributed by atoms with Gasteiger partial charge in [-0.25, -0.2) is 19.9 Å². The van der Waals surface area contributed by atoms with Gasteiger partial charge in [-0.1, -0.05) is 30.3 Å². The molecule has 4 aromatic rings. The number of benzene rings is 1. The summed E-state index contributed by atoms with van der Waals surface area (Å²) in [5.74, 6) is 1.82. The fourth-order valence-corrected chi connectivity index (χ4v) is 3.97. The van der Waals surface area contributed by atoms with Crippen molar-refractivity contribution in [3.05, 3.63) is 72.6 Å². The molecule has 1 atom stereocenters. The molecule has 0 unspecified atom stereocenters. The molecule has 2 N–H and O–H groups in total. The summed E-state index contributed by atoms with van der Waals surface area (Å²) in [7, 11) is 0. The van der Waals surface area contributed by atoms with E-state index in [-0.39, 0.29) is 0 Å². The molecule has 1 aliphatic heterocycles. The predicted octanol–water partition coefficient (Wildman–Crippen LogP) is 1.90. The highest BCUT2D eigenvalue weighted by molar-refractivity contribution is 5.51. The average molecular weight is 473 g/mol. The van der Waals surface area contributed by atoms with Crippen LogP contribution in [0, 0.1) is 0 Å². The molecule has 1 saturated heterocycles. The van der Waals surface area contributed by atoms with E-state index in [2.05, 4.69) is 57.3 Å². The molecule has 35 heavy (non-hydrogen) atoms. The zero-order valence-corrected chi connectivity index (χ0v) is 19.6. The molecular formula is C24H28N10O. The quantitative estimate of drug-likeness (QED) is 0.393. The van der Waals surface area contributed by atoms with Gasteiger partial charge in [0.1, 0.15) is 6.33 Å². The lowest BCUT2D eigenvalue weighted by molar-refractivity contribution is 0.168. The van der Waals surface area contributed by atoms with Crippen LogP contribution in [0.1, 0.15) is 18.1 Å². The smallest absolute Gasteiger partial charge is 0.232 e. The summed E-state index contributed by atoms with van der Waals surface area (Å²) in [6.45, 7) is 5.21. The van der Waals surface area contributed by atoms with Crippen molar-refractivity contribution in [2.45, 2.75) is 26.0 Å². The first kappa shape index (κ1) is 22.7. The molecule has 0 bridgehead atoms. The van der Waals surface area contributed by atoms with Crippen LogP contribution >= 0.6 is 0 Å². The topological polar surface area (TPSA) is 121 Å². The van der Waals surface area contributed by atoms with Crippen molar-refractivity contribution in [3.8, 4) is 0 Å². The Labute approximate surface area is 203 Å². The molecule has 1 aliphatic rings. The summed E-state index contributed by atoms with van der Waals surface area (Å²) in [5.41, 5.74) is 3.10. The lowest BCUT2D eigenvalue weighted by atomic mass is 10.1. The maximum Gasteiger partial charge on any atom is 0.232 e. The second kappa shape index (κ2) is 10.4. The number of aliphatic hydroxyl groups is 1. The van der Waals surface area contributed by atoms with E-state index in [9.17, 15) is 5.11 Å². The van der Waals surface area contributed by atoms with Crippen LogP contribution < -0.4 is 15.1 Å². The largest absolute Gasteiger partial charge is 0.391 e. The highest BCUT2D eigenvalue weighted by atomic mass is 16.3. The molecule has 0 saturated carbocycles. The van der Waals surface area contributed by atoms with E-state index in [1.165, 1.54) is 11.9 Å². The Balaban J connectivity index is 1.16. The van der Waals surface area contributed by atoms with Crippen LogP contribution in [-0.4, -0.2) is 72.1 Å².